The Morgan fingerprint density at radius 3 is 2.44 bits per heavy atom. The number of benzene rings is 2. The summed E-state index contributed by atoms with van der Waals surface area (Å²) in [5.41, 5.74) is 3.76. The molecule has 6 rings (SSSR count). The fraction of sp³-hybridized carbons (Fsp3) is 0.605. The number of carbonyl (C=O) groups is 3. The molecule has 12 nitrogen and oxygen atoms in total. The van der Waals surface area contributed by atoms with Crippen molar-refractivity contribution in [2.75, 3.05) is 45.8 Å². The molecule has 12 heteroatoms. The van der Waals surface area contributed by atoms with E-state index in [2.05, 4.69) is 36.7 Å². The second kappa shape index (κ2) is 15.3. The monoisotopic (exact) mass is 693 g/mol. The molecule has 4 aliphatic rings. The number of hydrogen-bond donors (Lipinski definition) is 5. The zero-order chi connectivity index (χ0) is 36.5. The Kier molecular flexibility index (Phi) is 11.5. The Labute approximate surface area is 295 Å². The van der Waals surface area contributed by atoms with Crippen molar-refractivity contribution in [2.24, 2.45) is 29.1 Å². The van der Waals surface area contributed by atoms with Gasteiger partial charge in [0.15, 0.2) is 0 Å². The number of amides is 3. The van der Waals surface area contributed by atoms with Crippen molar-refractivity contribution in [3.63, 3.8) is 0 Å². The third kappa shape index (κ3) is 7.49. The van der Waals surface area contributed by atoms with E-state index in [-0.39, 0.29) is 48.9 Å². The van der Waals surface area contributed by atoms with Crippen molar-refractivity contribution >= 4 is 23.4 Å². The van der Waals surface area contributed by atoms with Crippen molar-refractivity contribution < 1.29 is 34.2 Å². The van der Waals surface area contributed by atoms with Gasteiger partial charge in [0.2, 0.25) is 11.8 Å². The molecule has 3 saturated carbocycles. The Morgan fingerprint density at radius 2 is 1.84 bits per heavy atom. The molecule has 2 aromatic rings. The van der Waals surface area contributed by atoms with Gasteiger partial charge < -0.3 is 35.8 Å². The summed E-state index contributed by atoms with van der Waals surface area (Å²) in [7, 11) is 5.37. The highest BCUT2D eigenvalue weighted by Gasteiger charge is 2.57. The van der Waals surface area contributed by atoms with Crippen molar-refractivity contribution in [1.82, 2.24) is 21.0 Å². The number of hydrogen-bond acceptors (Lipinski definition) is 9. The Morgan fingerprint density at radius 1 is 1.12 bits per heavy atom. The topological polar surface area (TPSA) is 153 Å². The Bertz CT molecular complexity index is 1560. The number of nitrogens with zero attached hydrogens (tertiary/aromatic N) is 2. The smallest absolute Gasteiger partial charge is 0.251 e. The van der Waals surface area contributed by atoms with Gasteiger partial charge in [0.05, 0.1) is 26.4 Å². The summed E-state index contributed by atoms with van der Waals surface area (Å²) >= 11 is 0. The van der Waals surface area contributed by atoms with Gasteiger partial charge in [0.25, 0.3) is 5.91 Å². The molecule has 274 valence electrons. The van der Waals surface area contributed by atoms with E-state index < -0.39 is 24.2 Å². The van der Waals surface area contributed by atoms with E-state index in [9.17, 15) is 24.6 Å². The van der Waals surface area contributed by atoms with Crippen LogP contribution in [0.1, 0.15) is 63.4 Å². The number of nitrogens with one attached hydrogen (secondary N) is 3. The summed E-state index contributed by atoms with van der Waals surface area (Å²) in [5.74, 6) is 0.682. The van der Waals surface area contributed by atoms with Crippen molar-refractivity contribution in [2.45, 2.75) is 78.3 Å². The standard InChI is InChI=1S/C38H55N5O7/c1-21-30-17-27(38(30,4)5)18-31(21)41-37(48)34-33(22(2)45)32(20-44)50-43(34)19-24-10-9-11-29(35(24)49-8)25-14-26(16-28(15-25)42(6)7)36(47)40-13-12-39-23(3)46/h9-11,14-16,21-22,27,30-34,44-45H,12-13,17-20H2,1-8H3,(H,39,46)(H,40,47)(H,41,48)/t21-,22-,27+,30-,31?,32-,33+,34-/m0/s1. The lowest BCUT2D eigenvalue weighted by atomic mass is 9.45. The molecule has 0 radical (unpaired) electrons. The number of carbonyl (C=O) groups excluding carboxylic acids is 3. The van der Waals surface area contributed by atoms with E-state index in [1.165, 1.54) is 13.3 Å². The maximum absolute atomic E-state index is 14.2. The minimum absolute atomic E-state index is 0.0302. The van der Waals surface area contributed by atoms with Crippen LogP contribution in [0.15, 0.2) is 36.4 Å². The molecule has 1 aliphatic heterocycles. The number of ether oxygens (including phenoxy) is 1. The van der Waals surface area contributed by atoms with Gasteiger partial charge in [-0.3, -0.25) is 19.2 Å². The second-order valence-corrected chi connectivity index (χ2v) is 15.1. The lowest BCUT2D eigenvalue weighted by molar-refractivity contribution is -0.183. The predicted octanol–water partition coefficient (Wildman–Crippen LogP) is 2.95. The lowest BCUT2D eigenvalue weighted by Gasteiger charge is -2.62. The SMILES string of the molecule is COc1c(CN2O[C@@H](CO)[C@@H]([C@H](C)O)[C@H]2C(=O)NC2C[C@H]3C[C@@H]([C@@H]2C)C3(C)C)cccc1-c1cc(C(=O)NCCNC(C)=O)cc(N(C)C)c1. The number of para-hydroxylation sites is 1. The fourth-order valence-electron chi connectivity index (χ4n) is 8.50. The van der Waals surface area contributed by atoms with Gasteiger partial charge in [-0.15, -0.1) is 0 Å². The highest BCUT2D eigenvalue weighted by molar-refractivity contribution is 5.97. The third-order valence-corrected chi connectivity index (χ3v) is 11.5. The van der Waals surface area contributed by atoms with Gasteiger partial charge in [-0.25, -0.2) is 0 Å². The number of rotatable bonds is 13. The molecule has 3 aliphatic carbocycles. The van der Waals surface area contributed by atoms with E-state index in [1.54, 1.807) is 31.2 Å². The zero-order valence-electron chi connectivity index (χ0n) is 30.7. The van der Waals surface area contributed by atoms with Gasteiger partial charge >= 0.3 is 0 Å². The average molecular weight is 694 g/mol. The summed E-state index contributed by atoms with van der Waals surface area (Å²) in [6.07, 6.45) is 0.443. The largest absolute Gasteiger partial charge is 0.496 e. The summed E-state index contributed by atoms with van der Waals surface area (Å²) in [6, 6.07) is 10.5. The molecule has 4 fully saturated rings. The van der Waals surface area contributed by atoms with Crippen LogP contribution in [0, 0.1) is 29.1 Å². The van der Waals surface area contributed by atoms with Crippen LogP contribution in [0.5, 0.6) is 5.75 Å². The summed E-state index contributed by atoms with van der Waals surface area (Å²) in [4.78, 5) is 46.7. The van der Waals surface area contributed by atoms with Gasteiger partial charge in [0, 0.05) is 68.4 Å². The van der Waals surface area contributed by atoms with Gasteiger partial charge in [-0.1, -0.05) is 39.0 Å². The number of aliphatic hydroxyl groups excluding tert-OH is 2. The molecule has 0 aromatic heterocycles. The number of fused-ring (bicyclic) bond motifs is 2. The van der Waals surface area contributed by atoms with E-state index >= 15 is 0 Å². The maximum Gasteiger partial charge on any atom is 0.251 e. The highest BCUT2D eigenvalue weighted by Crippen LogP contribution is 2.61. The summed E-state index contributed by atoms with van der Waals surface area (Å²) in [6.45, 7) is 10.3. The first-order valence-electron chi connectivity index (χ1n) is 17.7. The number of aliphatic hydroxyl groups is 2. The molecule has 1 unspecified atom stereocenters. The molecule has 50 heavy (non-hydrogen) atoms. The highest BCUT2D eigenvalue weighted by atomic mass is 16.7. The second-order valence-electron chi connectivity index (χ2n) is 15.1. The van der Waals surface area contributed by atoms with Crippen molar-refractivity contribution in [1.29, 1.82) is 0 Å². The Hall–Kier alpha value is -3.71. The molecule has 2 aromatic carbocycles. The molecule has 2 bridgehead atoms. The maximum atomic E-state index is 14.2. The van der Waals surface area contributed by atoms with Crippen LogP contribution < -0.4 is 25.6 Å². The van der Waals surface area contributed by atoms with Crippen molar-refractivity contribution in [3.05, 3.63) is 47.5 Å². The molecule has 8 atom stereocenters. The van der Waals surface area contributed by atoms with Crippen LogP contribution in [0.2, 0.25) is 0 Å². The van der Waals surface area contributed by atoms with E-state index in [0.717, 1.165) is 28.8 Å². The summed E-state index contributed by atoms with van der Waals surface area (Å²) < 4.78 is 6.00. The van der Waals surface area contributed by atoms with Gasteiger partial charge in [-0.05, 0) is 66.7 Å². The quantitative estimate of drug-likeness (QED) is 0.200. The predicted molar refractivity (Wildman–Crippen MR) is 191 cm³/mol. The molecule has 1 heterocycles. The number of methoxy groups -OCH3 is 1. The normalized spacial score (nSPS) is 27.5. The van der Waals surface area contributed by atoms with Crippen LogP contribution in [0.3, 0.4) is 0 Å². The fourth-order valence-corrected chi connectivity index (χ4v) is 8.50. The first-order chi connectivity index (χ1) is 23.7. The van der Waals surface area contributed by atoms with Crippen LogP contribution in [0.25, 0.3) is 11.1 Å². The Balaban J connectivity index is 1.43. The molecule has 3 amide bonds. The molecular weight excluding hydrogens is 638 g/mol. The van der Waals surface area contributed by atoms with Crippen LogP contribution >= 0.6 is 0 Å². The number of anilines is 1. The average Bonchev–Trinajstić information content (AvgIpc) is 3.45. The third-order valence-electron chi connectivity index (χ3n) is 11.5. The minimum Gasteiger partial charge on any atom is -0.496 e. The minimum atomic E-state index is -0.908. The first-order valence-corrected chi connectivity index (χ1v) is 17.7. The lowest BCUT2D eigenvalue weighted by Crippen LogP contribution is -2.62. The van der Waals surface area contributed by atoms with Crippen LogP contribution in [-0.2, 0) is 21.0 Å². The van der Waals surface area contributed by atoms with Gasteiger partial charge in [0.1, 0.15) is 17.9 Å². The summed E-state index contributed by atoms with van der Waals surface area (Å²) in [5, 5.41) is 31.6. The van der Waals surface area contributed by atoms with Gasteiger partial charge in [-0.2, -0.15) is 5.06 Å². The van der Waals surface area contributed by atoms with Crippen molar-refractivity contribution in [3.8, 4) is 16.9 Å². The van der Waals surface area contributed by atoms with Crippen LogP contribution in [-0.4, -0.2) is 98.2 Å². The van der Waals surface area contributed by atoms with E-state index in [4.69, 9.17) is 9.57 Å². The first kappa shape index (κ1) is 37.5. The zero-order valence-corrected chi connectivity index (χ0v) is 30.7. The molecular formula is C38H55N5O7. The van der Waals surface area contributed by atoms with Crippen LogP contribution in [0.4, 0.5) is 5.69 Å². The molecule has 1 saturated heterocycles. The van der Waals surface area contributed by atoms with E-state index in [1.807, 2.05) is 43.3 Å². The van der Waals surface area contributed by atoms with E-state index in [0.29, 0.717) is 35.6 Å². The molecule has 5 N–H and O–H groups in total. The number of hydroxylamine groups is 2. The molecule has 0 spiro atoms.